The van der Waals surface area contributed by atoms with Crippen LogP contribution in [-0.4, -0.2) is 27.4 Å². The molecule has 5 heteroatoms. The molecule has 1 heterocycles. The monoisotopic (exact) mass is 372 g/mol. The predicted molar refractivity (Wildman–Crippen MR) is 93.3 cm³/mol. The van der Waals surface area contributed by atoms with Crippen molar-refractivity contribution in [1.82, 2.24) is 9.55 Å². The molecule has 1 atom stereocenters. The van der Waals surface area contributed by atoms with Gasteiger partial charge in [-0.25, -0.2) is 4.98 Å². The zero-order chi connectivity index (χ0) is 16.1. The Balaban J connectivity index is 1.55. The standard InChI is InChI=1S/C18H17BrN2O2/c19-15-6-8-17(9-7-15)23-12-16(22)10-21-11-18(20-13-21)14-4-2-1-3-5-14/h1-9,11,13,16,22H,10,12H2/t16-/m0/s1. The number of ether oxygens (including phenoxy) is 1. The summed E-state index contributed by atoms with van der Waals surface area (Å²) in [6, 6.07) is 17.5. The smallest absolute Gasteiger partial charge is 0.119 e. The molecule has 0 fully saturated rings. The average molecular weight is 373 g/mol. The van der Waals surface area contributed by atoms with Gasteiger partial charge >= 0.3 is 0 Å². The number of nitrogens with zero attached hydrogens (tertiary/aromatic N) is 2. The maximum absolute atomic E-state index is 10.1. The highest BCUT2D eigenvalue weighted by Gasteiger charge is 2.08. The average Bonchev–Trinajstić information content (AvgIpc) is 3.04. The molecule has 23 heavy (non-hydrogen) atoms. The van der Waals surface area contributed by atoms with E-state index in [9.17, 15) is 5.11 Å². The number of hydrogen-bond acceptors (Lipinski definition) is 3. The van der Waals surface area contributed by atoms with Gasteiger partial charge in [0.15, 0.2) is 0 Å². The molecule has 3 rings (SSSR count). The predicted octanol–water partition coefficient (Wildman–Crippen LogP) is 3.75. The fourth-order valence-corrected chi connectivity index (χ4v) is 2.50. The van der Waals surface area contributed by atoms with E-state index in [0.717, 1.165) is 21.5 Å². The Morgan fingerprint density at radius 2 is 1.83 bits per heavy atom. The van der Waals surface area contributed by atoms with Gasteiger partial charge in [-0.2, -0.15) is 0 Å². The van der Waals surface area contributed by atoms with E-state index >= 15 is 0 Å². The summed E-state index contributed by atoms with van der Waals surface area (Å²) in [7, 11) is 0. The van der Waals surface area contributed by atoms with Crippen LogP contribution in [0.3, 0.4) is 0 Å². The fraction of sp³-hybridized carbons (Fsp3) is 0.167. The van der Waals surface area contributed by atoms with Crippen LogP contribution in [0.25, 0.3) is 11.3 Å². The number of aliphatic hydroxyl groups excluding tert-OH is 1. The first-order valence-electron chi connectivity index (χ1n) is 7.34. The van der Waals surface area contributed by atoms with Gasteiger partial charge in [0, 0.05) is 16.2 Å². The van der Waals surface area contributed by atoms with Crippen molar-refractivity contribution in [1.29, 1.82) is 0 Å². The Kier molecular flexibility index (Phi) is 5.10. The molecule has 0 saturated heterocycles. The highest BCUT2D eigenvalue weighted by Crippen LogP contribution is 2.17. The normalized spacial score (nSPS) is 12.1. The van der Waals surface area contributed by atoms with Crippen LogP contribution in [0, 0.1) is 0 Å². The molecule has 0 radical (unpaired) electrons. The minimum absolute atomic E-state index is 0.237. The first kappa shape index (κ1) is 15.8. The number of aliphatic hydroxyl groups is 1. The van der Waals surface area contributed by atoms with Gasteiger partial charge in [0.05, 0.1) is 18.6 Å². The first-order valence-corrected chi connectivity index (χ1v) is 8.13. The molecule has 0 aliphatic rings. The summed E-state index contributed by atoms with van der Waals surface area (Å²) in [5.41, 5.74) is 1.96. The molecule has 0 spiro atoms. The van der Waals surface area contributed by atoms with E-state index in [2.05, 4.69) is 20.9 Å². The molecule has 1 N–H and O–H groups in total. The lowest BCUT2D eigenvalue weighted by atomic mass is 10.2. The number of imidazole rings is 1. The molecule has 0 amide bonds. The summed E-state index contributed by atoms with van der Waals surface area (Å²) in [6.45, 7) is 0.677. The number of hydrogen-bond donors (Lipinski definition) is 1. The zero-order valence-electron chi connectivity index (χ0n) is 12.5. The van der Waals surface area contributed by atoms with Gasteiger partial charge < -0.3 is 14.4 Å². The molecule has 0 aliphatic carbocycles. The minimum atomic E-state index is -0.600. The van der Waals surface area contributed by atoms with Crippen LogP contribution in [0.5, 0.6) is 5.75 Å². The highest BCUT2D eigenvalue weighted by molar-refractivity contribution is 9.10. The van der Waals surface area contributed by atoms with Crippen molar-refractivity contribution in [3.8, 4) is 17.0 Å². The van der Waals surface area contributed by atoms with E-state index in [1.807, 2.05) is 65.4 Å². The van der Waals surface area contributed by atoms with Crippen LogP contribution in [0.1, 0.15) is 0 Å². The second kappa shape index (κ2) is 7.44. The molecular formula is C18H17BrN2O2. The van der Waals surface area contributed by atoms with Crippen LogP contribution in [0.4, 0.5) is 0 Å². The summed E-state index contributed by atoms with van der Waals surface area (Å²) >= 11 is 3.38. The second-order valence-electron chi connectivity index (χ2n) is 5.24. The van der Waals surface area contributed by atoms with Gasteiger partial charge in [-0.3, -0.25) is 0 Å². The van der Waals surface area contributed by atoms with Gasteiger partial charge in [0.25, 0.3) is 0 Å². The second-order valence-corrected chi connectivity index (χ2v) is 6.16. The van der Waals surface area contributed by atoms with Crippen LogP contribution in [-0.2, 0) is 6.54 Å². The Bertz CT molecular complexity index is 741. The van der Waals surface area contributed by atoms with Crippen molar-refractivity contribution < 1.29 is 9.84 Å². The lowest BCUT2D eigenvalue weighted by Crippen LogP contribution is -2.22. The third-order valence-corrected chi connectivity index (χ3v) is 3.91. The van der Waals surface area contributed by atoms with Crippen molar-refractivity contribution in [2.24, 2.45) is 0 Å². The van der Waals surface area contributed by atoms with Crippen molar-refractivity contribution in [2.45, 2.75) is 12.6 Å². The molecular weight excluding hydrogens is 356 g/mol. The summed E-state index contributed by atoms with van der Waals surface area (Å²) < 4.78 is 8.45. The number of benzene rings is 2. The number of halogens is 1. The molecule has 0 bridgehead atoms. The molecule has 1 aromatic heterocycles. The molecule has 118 valence electrons. The Labute approximate surface area is 143 Å². The first-order chi connectivity index (χ1) is 11.2. The van der Waals surface area contributed by atoms with E-state index in [0.29, 0.717) is 6.54 Å². The van der Waals surface area contributed by atoms with Crippen molar-refractivity contribution in [3.63, 3.8) is 0 Å². The summed E-state index contributed by atoms with van der Waals surface area (Å²) in [6.07, 6.45) is 3.06. The van der Waals surface area contributed by atoms with Crippen LogP contribution < -0.4 is 4.74 Å². The van der Waals surface area contributed by atoms with E-state index in [1.165, 1.54) is 0 Å². The largest absolute Gasteiger partial charge is 0.491 e. The summed E-state index contributed by atoms with van der Waals surface area (Å²) in [4.78, 5) is 4.37. The molecule has 2 aromatic carbocycles. The Morgan fingerprint density at radius 1 is 1.09 bits per heavy atom. The van der Waals surface area contributed by atoms with Crippen molar-refractivity contribution in [2.75, 3.05) is 6.61 Å². The van der Waals surface area contributed by atoms with Gasteiger partial charge in [0.2, 0.25) is 0 Å². The molecule has 0 saturated carbocycles. The van der Waals surface area contributed by atoms with Crippen LogP contribution in [0.2, 0.25) is 0 Å². The summed E-state index contributed by atoms with van der Waals surface area (Å²) in [5.74, 6) is 0.739. The number of aromatic nitrogens is 2. The Morgan fingerprint density at radius 3 is 2.57 bits per heavy atom. The van der Waals surface area contributed by atoms with Crippen molar-refractivity contribution >= 4 is 15.9 Å². The van der Waals surface area contributed by atoms with Crippen LogP contribution >= 0.6 is 15.9 Å². The van der Waals surface area contributed by atoms with E-state index in [1.54, 1.807) is 6.33 Å². The molecule has 0 unspecified atom stereocenters. The molecule has 0 aliphatic heterocycles. The highest BCUT2D eigenvalue weighted by atomic mass is 79.9. The van der Waals surface area contributed by atoms with Crippen LogP contribution in [0.15, 0.2) is 71.6 Å². The van der Waals surface area contributed by atoms with Gasteiger partial charge in [0.1, 0.15) is 18.5 Å². The van der Waals surface area contributed by atoms with Gasteiger partial charge in [-0.05, 0) is 24.3 Å². The molecule has 3 aromatic rings. The summed E-state index contributed by atoms with van der Waals surface area (Å²) in [5, 5.41) is 10.1. The fourth-order valence-electron chi connectivity index (χ4n) is 2.24. The zero-order valence-corrected chi connectivity index (χ0v) is 14.1. The van der Waals surface area contributed by atoms with E-state index in [-0.39, 0.29) is 6.61 Å². The maximum atomic E-state index is 10.1. The van der Waals surface area contributed by atoms with Gasteiger partial charge in [-0.15, -0.1) is 0 Å². The van der Waals surface area contributed by atoms with Crippen molar-refractivity contribution in [3.05, 3.63) is 71.6 Å². The number of rotatable bonds is 6. The lowest BCUT2D eigenvalue weighted by Gasteiger charge is -2.12. The van der Waals surface area contributed by atoms with E-state index < -0.39 is 6.10 Å². The SMILES string of the molecule is O[C@H](COc1ccc(Br)cc1)Cn1cnc(-c2ccccc2)c1. The van der Waals surface area contributed by atoms with E-state index in [4.69, 9.17) is 4.74 Å². The Hall–Kier alpha value is -2.11. The third kappa shape index (κ3) is 4.43. The quantitative estimate of drug-likeness (QED) is 0.716. The maximum Gasteiger partial charge on any atom is 0.119 e. The third-order valence-electron chi connectivity index (χ3n) is 3.38. The van der Waals surface area contributed by atoms with Gasteiger partial charge in [-0.1, -0.05) is 46.3 Å². The topological polar surface area (TPSA) is 47.3 Å². The molecule has 4 nitrogen and oxygen atoms in total. The lowest BCUT2D eigenvalue weighted by molar-refractivity contribution is 0.0925. The minimum Gasteiger partial charge on any atom is -0.491 e.